The maximum absolute atomic E-state index is 12.8. The Labute approximate surface area is 98.7 Å². The number of nitrogens with one attached hydrogen (secondary N) is 1. The number of β-amino-alcohol motifs (C(OH)–C–C–N with tert-alkyl or cyclic N) is 1. The summed E-state index contributed by atoms with van der Waals surface area (Å²) >= 11 is 0. The van der Waals surface area contributed by atoms with Crippen molar-refractivity contribution in [3.63, 3.8) is 0 Å². The number of rotatable bonds is 2. The summed E-state index contributed by atoms with van der Waals surface area (Å²) in [5, 5.41) is 33.1. The van der Waals surface area contributed by atoms with Crippen LogP contribution in [0.2, 0.25) is 0 Å². The SMILES string of the molecule is OC(c1ccc(F)cc1)[C@]1(O)CCNC[C@H]1O. The molecule has 0 amide bonds. The molecule has 1 aromatic carbocycles. The molecule has 0 spiro atoms. The smallest absolute Gasteiger partial charge is 0.123 e. The lowest BCUT2D eigenvalue weighted by Crippen LogP contribution is -2.57. The zero-order valence-corrected chi connectivity index (χ0v) is 9.31. The number of aliphatic hydroxyl groups excluding tert-OH is 2. The van der Waals surface area contributed by atoms with Crippen molar-refractivity contribution in [1.29, 1.82) is 0 Å². The molecule has 17 heavy (non-hydrogen) atoms. The van der Waals surface area contributed by atoms with Crippen LogP contribution in [0.3, 0.4) is 0 Å². The molecular weight excluding hydrogens is 225 g/mol. The first-order chi connectivity index (χ1) is 8.04. The van der Waals surface area contributed by atoms with Crippen LogP contribution < -0.4 is 5.32 Å². The third kappa shape index (κ3) is 2.32. The van der Waals surface area contributed by atoms with E-state index in [9.17, 15) is 19.7 Å². The Bertz CT molecular complexity index is 384. The van der Waals surface area contributed by atoms with Gasteiger partial charge >= 0.3 is 0 Å². The van der Waals surface area contributed by atoms with Crippen LogP contribution in [0, 0.1) is 5.82 Å². The molecule has 1 heterocycles. The molecule has 0 aromatic heterocycles. The monoisotopic (exact) mass is 241 g/mol. The highest BCUT2D eigenvalue weighted by Crippen LogP contribution is 2.33. The van der Waals surface area contributed by atoms with Gasteiger partial charge in [0.15, 0.2) is 0 Å². The van der Waals surface area contributed by atoms with E-state index in [-0.39, 0.29) is 13.0 Å². The van der Waals surface area contributed by atoms with Crippen LogP contribution in [0.1, 0.15) is 18.1 Å². The molecule has 0 saturated carbocycles. The van der Waals surface area contributed by atoms with Crippen molar-refractivity contribution < 1.29 is 19.7 Å². The lowest BCUT2D eigenvalue weighted by molar-refractivity contribution is -0.160. The lowest BCUT2D eigenvalue weighted by Gasteiger charge is -2.40. The number of hydrogen-bond donors (Lipinski definition) is 4. The van der Waals surface area contributed by atoms with Gasteiger partial charge in [-0.25, -0.2) is 4.39 Å². The Morgan fingerprint density at radius 1 is 1.35 bits per heavy atom. The molecule has 94 valence electrons. The largest absolute Gasteiger partial charge is 0.389 e. The molecule has 3 atom stereocenters. The van der Waals surface area contributed by atoms with Crippen molar-refractivity contribution in [3.8, 4) is 0 Å². The Morgan fingerprint density at radius 2 is 2.00 bits per heavy atom. The highest BCUT2D eigenvalue weighted by molar-refractivity contribution is 5.22. The molecule has 1 unspecified atom stereocenters. The minimum absolute atomic E-state index is 0.231. The average molecular weight is 241 g/mol. The van der Waals surface area contributed by atoms with E-state index >= 15 is 0 Å². The van der Waals surface area contributed by atoms with Gasteiger partial charge in [0.2, 0.25) is 0 Å². The molecule has 1 aliphatic rings. The van der Waals surface area contributed by atoms with Gasteiger partial charge in [0, 0.05) is 6.54 Å². The molecule has 0 bridgehead atoms. The average Bonchev–Trinajstić information content (AvgIpc) is 2.33. The normalized spacial score (nSPS) is 31.2. The number of benzene rings is 1. The molecule has 2 rings (SSSR count). The highest BCUT2D eigenvalue weighted by Gasteiger charge is 2.44. The lowest BCUT2D eigenvalue weighted by atomic mass is 9.81. The van der Waals surface area contributed by atoms with Crippen LogP contribution in [0.5, 0.6) is 0 Å². The van der Waals surface area contributed by atoms with Gasteiger partial charge in [-0.2, -0.15) is 0 Å². The summed E-state index contributed by atoms with van der Waals surface area (Å²) in [4.78, 5) is 0. The first-order valence-corrected chi connectivity index (χ1v) is 5.59. The van der Waals surface area contributed by atoms with Crippen molar-refractivity contribution in [2.45, 2.75) is 24.2 Å². The fraction of sp³-hybridized carbons (Fsp3) is 0.500. The summed E-state index contributed by atoms with van der Waals surface area (Å²) in [6.07, 6.45) is -2.02. The number of aliphatic hydroxyl groups is 3. The quantitative estimate of drug-likeness (QED) is 0.585. The molecular formula is C12H16FNO3. The summed E-state index contributed by atoms with van der Waals surface area (Å²) in [6, 6.07) is 5.25. The maximum atomic E-state index is 12.8. The van der Waals surface area contributed by atoms with Crippen LogP contribution in [-0.2, 0) is 0 Å². The van der Waals surface area contributed by atoms with E-state index in [4.69, 9.17) is 0 Å². The summed E-state index contributed by atoms with van der Waals surface area (Å²) < 4.78 is 12.8. The van der Waals surface area contributed by atoms with E-state index in [1.54, 1.807) is 0 Å². The van der Waals surface area contributed by atoms with Gasteiger partial charge in [0.05, 0.1) is 6.10 Å². The first-order valence-electron chi connectivity index (χ1n) is 5.59. The number of piperidine rings is 1. The molecule has 4 N–H and O–H groups in total. The summed E-state index contributed by atoms with van der Waals surface area (Å²) in [5.74, 6) is -0.404. The van der Waals surface area contributed by atoms with E-state index in [0.29, 0.717) is 12.1 Å². The molecule has 4 nitrogen and oxygen atoms in total. The molecule has 0 radical (unpaired) electrons. The molecule has 1 aromatic rings. The van der Waals surface area contributed by atoms with Crippen LogP contribution >= 0.6 is 0 Å². The zero-order valence-electron chi connectivity index (χ0n) is 9.31. The minimum atomic E-state index is -1.58. The van der Waals surface area contributed by atoms with Crippen molar-refractivity contribution in [1.82, 2.24) is 5.32 Å². The molecule has 1 fully saturated rings. The van der Waals surface area contributed by atoms with E-state index in [1.807, 2.05) is 0 Å². The molecule has 0 aliphatic carbocycles. The third-order valence-corrected chi connectivity index (χ3v) is 3.28. The fourth-order valence-corrected chi connectivity index (χ4v) is 2.12. The molecule has 1 aliphatic heterocycles. The van der Waals surface area contributed by atoms with Gasteiger partial charge in [-0.15, -0.1) is 0 Å². The van der Waals surface area contributed by atoms with Crippen LogP contribution in [0.4, 0.5) is 4.39 Å². The van der Waals surface area contributed by atoms with Crippen LogP contribution in [0.25, 0.3) is 0 Å². The van der Waals surface area contributed by atoms with Gasteiger partial charge < -0.3 is 20.6 Å². The van der Waals surface area contributed by atoms with E-state index in [2.05, 4.69) is 5.32 Å². The van der Waals surface area contributed by atoms with E-state index in [1.165, 1.54) is 24.3 Å². The van der Waals surface area contributed by atoms with E-state index in [0.717, 1.165) is 0 Å². The van der Waals surface area contributed by atoms with Gasteiger partial charge in [0.25, 0.3) is 0 Å². The second-order valence-electron chi connectivity index (χ2n) is 4.42. The van der Waals surface area contributed by atoms with Crippen molar-refractivity contribution >= 4 is 0 Å². The predicted molar refractivity (Wildman–Crippen MR) is 59.8 cm³/mol. The van der Waals surface area contributed by atoms with Gasteiger partial charge in [0.1, 0.15) is 17.5 Å². The summed E-state index contributed by atoms with van der Waals surface area (Å²) in [5.41, 5.74) is -1.18. The van der Waals surface area contributed by atoms with Crippen LogP contribution in [-0.4, -0.2) is 40.1 Å². The Kier molecular flexibility index (Phi) is 3.44. The van der Waals surface area contributed by atoms with Crippen molar-refractivity contribution in [3.05, 3.63) is 35.6 Å². The first kappa shape index (κ1) is 12.4. The van der Waals surface area contributed by atoms with Gasteiger partial charge in [-0.3, -0.25) is 0 Å². The number of halogens is 1. The summed E-state index contributed by atoms with van der Waals surface area (Å²) in [7, 11) is 0. The maximum Gasteiger partial charge on any atom is 0.123 e. The van der Waals surface area contributed by atoms with Crippen LogP contribution in [0.15, 0.2) is 24.3 Å². The minimum Gasteiger partial charge on any atom is -0.389 e. The molecule has 1 saturated heterocycles. The van der Waals surface area contributed by atoms with Gasteiger partial charge in [-0.05, 0) is 30.7 Å². The Balaban J connectivity index is 2.23. The predicted octanol–water partition coefficient (Wildman–Crippen LogP) is -0.0556. The fourth-order valence-electron chi connectivity index (χ4n) is 2.12. The summed E-state index contributed by atoms with van der Waals surface area (Å²) in [6.45, 7) is 0.751. The zero-order chi connectivity index (χ0) is 12.5. The molecule has 5 heteroatoms. The second kappa shape index (κ2) is 4.70. The van der Waals surface area contributed by atoms with Gasteiger partial charge in [-0.1, -0.05) is 12.1 Å². The second-order valence-corrected chi connectivity index (χ2v) is 4.42. The van der Waals surface area contributed by atoms with Crippen molar-refractivity contribution in [2.24, 2.45) is 0 Å². The van der Waals surface area contributed by atoms with Crippen molar-refractivity contribution in [2.75, 3.05) is 13.1 Å². The standard InChI is InChI=1S/C12H16FNO3/c13-9-3-1-8(2-4-9)11(16)12(17)5-6-14-7-10(12)15/h1-4,10-11,14-17H,5-7H2/t10-,11?,12+/m1/s1. The highest BCUT2D eigenvalue weighted by atomic mass is 19.1. The third-order valence-electron chi connectivity index (χ3n) is 3.28. The Morgan fingerprint density at radius 3 is 2.59 bits per heavy atom. The topological polar surface area (TPSA) is 72.7 Å². The van der Waals surface area contributed by atoms with E-state index < -0.39 is 23.6 Å². The Hall–Kier alpha value is -1.01. The number of hydrogen-bond acceptors (Lipinski definition) is 4.